The van der Waals surface area contributed by atoms with Crippen LogP contribution in [-0.2, 0) is 10.0 Å². The Hall–Kier alpha value is -1.60. The Balaban J connectivity index is 1.44. The third-order valence-electron chi connectivity index (χ3n) is 6.53. The summed E-state index contributed by atoms with van der Waals surface area (Å²) in [5.41, 5.74) is 0.453. The smallest absolute Gasteiger partial charge is 0.243 e. The third-order valence-corrected chi connectivity index (χ3v) is 8.44. The number of sulfonamides is 1. The van der Waals surface area contributed by atoms with Gasteiger partial charge in [0.25, 0.3) is 0 Å². The molecule has 6 nitrogen and oxygen atoms in total. The minimum absolute atomic E-state index is 0.386. The van der Waals surface area contributed by atoms with Gasteiger partial charge in [0.2, 0.25) is 10.0 Å². The number of rotatable bonds is 7. The van der Waals surface area contributed by atoms with Gasteiger partial charge >= 0.3 is 0 Å². The van der Waals surface area contributed by atoms with Gasteiger partial charge in [-0.2, -0.15) is 4.31 Å². The van der Waals surface area contributed by atoms with Crippen molar-refractivity contribution in [3.8, 4) is 0 Å². The van der Waals surface area contributed by atoms with Crippen LogP contribution in [0.15, 0.2) is 40.2 Å². The summed E-state index contributed by atoms with van der Waals surface area (Å²) in [5.74, 6) is 1.32. The van der Waals surface area contributed by atoms with Gasteiger partial charge in [0, 0.05) is 33.2 Å². The SMILES string of the molecule is CCC1(CNC(=NC)NCC2CCN(S(=O)(=O)c3ccccc3)CC2)CCC1. The van der Waals surface area contributed by atoms with Crippen LogP contribution in [0.5, 0.6) is 0 Å². The fourth-order valence-corrected chi connectivity index (χ4v) is 5.65. The number of aliphatic imine (C=N–C) groups is 1. The minimum Gasteiger partial charge on any atom is -0.356 e. The number of hydrogen-bond acceptors (Lipinski definition) is 3. The Morgan fingerprint density at radius 3 is 2.39 bits per heavy atom. The summed E-state index contributed by atoms with van der Waals surface area (Å²) in [4.78, 5) is 4.74. The van der Waals surface area contributed by atoms with Gasteiger partial charge in [0.05, 0.1) is 4.90 Å². The maximum atomic E-state index is 12.7. The molecule has 28 heavy (non-hydrogen) atoms. The first-order chi connectivity index (χ1) is 13.5. The van der Waals surface area contributed by atoms with Gasteiger partial charge in [-0.1, -0.05) is 31.5 Å². The normalized spacial score (nSPS) is 21.1. The Kier molecular flexibility index (Phi) is 6.99. The summed E-state index contributed by atoms with van der Waals surface area (Å²) in [6, 6.07) is 8.72. The summed E-state index contributed by atoms with van der Waals surface area (Å²) in [6.07, 6.45) is 6.91. The fourth-order valence-electron chi connectivity index (χ4n) is 4.16. The molecule has 2 aliphatic rings. The van der Waals surface area contributed by atoms with Crippen molar-refractivity contribution < 1.29 is 8.42 Å². The molecule has 7 heteroatoms. The van der Waals surface area contributed by atoms with Gasteiger partial charge in [-0.15, -0.1) is 0 Å². The number of guanidine groups is 1. The highest BCUT2D eigenvalue weighted by molar-refractivity contribution is 7.89. The second kappa shape index (κ2) is 9.27. The lowest BCUT2D eigenvalue weighted by atomic mass is 9.67. The van der Waals surface area contributed by atoms with Gasteiger partial charge in [-0.05, 0) is 55.6 Å². The predicted octanol–water partition coefficient (Wildman–Crippen LogP) is 2.83. The highest BCUT2D eigenvalue weighted by atomic mass is 32.2. The van der Waals surface area contributed by atoms with Crippen LogP contribution < -0.4 is 10.6 Å². The number of benzene rings is 1. The van der Waals surface area contributed by atoms with Crippen LogP contribution in [0.25, 0.3) is 0 Å². The van der Waals surface area contributed by atoms with E-state index in [0.717, 1.165) is 31.9 Å². The highest BCUT2D eigenvalue weighted by Crippen LogP contribution is 2.43. The summed E-state index contributed by atoms with van der Waals surface area (Å²) in [5, 5.41) is 6.93. The molecule has 0 spiro atoms. The zero-order valence-corrected chi connectivity index (χ0v) is 18.0. The fraction of sp³-hybridized carbons (Fsp3) is 0.667. The first-order valence-electron chi connectivity index (χ1n) is 10.5. The van der Waals surface area contributed by atoms with E-state index >= 15 is 0 Å². The first kappa shape index (κ1) is 21.1. The lowest BCUT2D eigenvalue weighted by Gasteiger charge is -2.41. The number of piperidine rings is 1. The number of nitrogens with zero attached hydrogens (tertiary/aromatic N) is 2. The molecule has 0 unspecified atom stereocenters. The van der Waals surface area contributed by atoms with Crippen LogP contribution in [0.1, 0.15) is 45.4 Å². The molecule has 2 N–H and O–H groups in total. The topological polar surface area (TPSA) is 73.8 Å². The summed E-state index contributed by atoms with van der Waals surface area (Å²) >= 11 is 0. The molecule has 0 aromatic heterocycles. The average Bonchev–Trinajstić information content (AvgIpc) is 2.70. The molecular weight excluding hydrogens is 372 g/mol. The molecule has 1 aromatic carbocycles. The van der Waals surface area contributed by atoms with E-state index in [0.29, 0.717) is 29.3 Å². The Labute approximate surface area is 169 Å². The Morgan fingerprint density at radius 1 is 1.18 bits per heavy atom. The zero-order chi connectivity index (χ0) is 20.0. The van der Waals surface area contributed by atoms with Crippen molar-refractivity contribution in [1.29, 1.82) is 0 Å². The summed E-state index contributed by atoms with van der Waals surface area (Å²) in [6.45, 7) is 5.24. The largest absolute Gasteiger partial charge is 0.356 e. The quantitative estimate of drug-likeness (QED) is 0.539. The van der Waals surface area contributed by atoms with Crippen molar-refractivity contribution in [1.82, 2.24) is 14.9 Å². The maximum Gasteiger partial charge on any atom is 0.243 e. The van der Waals surface area contributed by atoms with E-state index in [4.69, 9.17) is 0 Å². The molecule has 0 bridgehead atoms. The zero-order valence-electron chi connectivity index (χ0n) is 17.2. The van der Waals surface area contributed by atoms with E-state index in [1.165, 1.54) is 25.7 Å². The Bertz CT molecular complexity index is 746. The molecule has 0 amide bonds. The van der Waals surface area contributed by atoms with Crippen LogP contribution in [0.2, 0.25) is 0 Å². The number of nitrogens with one attached hydrogen (secondary N) is 2. The van der Waals surface area contributed by atoms with Crippen molar-refractivity contribution in [2.75, 3.05) is 33.2 Å². The van der Waals surface area contributed by atoms with Gasteiger partial charge in [-0.25, -0.2) is 8.42 Å². The third kappa shape index (κ3) is 4.87. The van der Waals surface area contributed by atoms with Crippen molar-refractivity contribution in [3.63, 3.8) is 0 Å². The molecule has 156 valence electrons. The van der Waals surface area contributed by atoms with E-state index < -0.39 is 10.0 Å². The second-order valence-electron chi connectivity index (χ2n) is 8.17. The standard InChI is InChI=1S/C21H34N4O2S/c1-3-21(12-7-13-21)17-24-20(22-2)23-16-18-10-14-25(15-11-18)28(26,27)19-8-5-4-6-9-19/h4-6,8-9,18H,3,7,10-17H2,1-2H3,(H2,22,23,24). The van der Waals surface area contributed by atoms with E-state index in [1.807, 2.05) is 13.1 Å². The van der Waals surface area contributed by atoms with Gasteiger partial charge in [0.15, 0.2) is 5.96 Å². The lowest BCUT2D eigenvalue weighted by molar-refractivity contribution is 0.131. The summed E-state index contributed by atoms with van der Waals surface area (Å²) in [7, 11) is -1.56. The first-order valence-corrected chi connectivity index (χ1v) is 11.9. The van der Waals surface area contributed by atoms with E-state index in [2.05, 4.69) is 22.5 Å². The van der Waals surface area contributed by atoms with Crippen molar-refractivity contribution in [2.45, 2.75) is 50.3 Å². The lowest BCUT2D eigenvalue weighted by Crippen LogP contribution is -2.48. The molecule has 1 heterocycles. The predicted molar refractivity (Wildman–Crippen MR) is 114 cm³/mol. The molecular formula is C21H34N4O2S. The monoisotopic (exact) mass is 406 g/mol. The van der Waals surface area contributed by atoms with Crippen LogP contribution in [0, 0.1) is 11.3 Å². The molecule has 1 aliphatic carbocycles. The molecule has 0 radical (unpaired) electrons. The molecule has 1 saturated carbocycles. The maximum absolute atomic E-state index is 12.7. The second-order valence-corrected chi connectivity index (χ2v) is 10.1. The molecule has 1 aliphatic heterocycles. The summed E-state index contributed by atoms with van der Waals surface area (Å²) < 4.78 is 27.1. The Morgan fingerprint density at radius 2 is 1.86 bits per heavy atom. The van der Waals surface area contributed by atoms with Gasteiger partial charge in [-0.3, -0.25) is 4.99 Å². The molecule has 2 fully saturated rings. The van der Waals surface area contributed by atoms with Crippen molar-refractivity contribution in [2.24, 2.45) is 16.3 Å². The average molecular weight is 407 g/mol. The van der Waals surface area contributed by atoms with Crippen LogP contribution in [0.3, 0.4) is 0 Å². The molecule has 0 atom stereocenters. The van der Waals surface area contributed by atoms with Crippen LogP contribution in [-0.4, -0.2) is 51.9 Å². The van der Waals surface area contributed by atoms with Crippen LogP contribution in [0.4, 0.5) is 0 Å². The van der Waals surface area contributed by atoms with Crippen molar-refractivity contribution >= 4 is 16.0 Å². The van der Waals surface area contributed by atoms with Gasteiger partial charge in [0.1, 0.15) is 0 Å². The van der Waals surface area contributed by atoms with Crippen molar-refractivity contribution in [3.05, 3.63) is 30.3 Å². The number of hydrogen-bond donors (Lipinski definition) is 2. The molecule has 1 aromatic rings. The molecule has 1 saturated heterocycles. The highest BCUT2D eigenvalue weighted by Gasteiger charge is 2.35. The van der Waals surface area contributed by atoms with E-state index in [9.17, 15) is 8.42 Å². The van der Waals surface area contributed by atoms with E-state index in [-0.39, 0.29) is 0 Å². The van der Waals surface area contributed by atoms with Crippen LogP contribution >= 0.6 is 0 Å². The van der Waals surface area contributed by atoms with Gasteiger partial charge < -0.3 is 10.6 Å². The minimum atomic E-state index is -3.37. The van der Waals surface area contributed by atoms with E-state index in [1.54, 1.807) is 28.6 Å². The molecule has 3 rings (SSSR count).